The summed E-state index contributed by atoms with van der Waals surface area (Å²) in [4.78, 5) is 8.25. The number of aliphatic hydroxyl groups excluding tert-OH is 1. The average Bonchev–Trinajstić information content (AvgIpc) is 2.74. The molecule has 2 aromatic rings. The van der Waals surface area contributed by atoms with Crippen LogP contribution >= 0.6 is 11.8 Å². The molecule has 0 amide bonds. The normalized spacial score (nSPS) is 13.2. The van der Waals surface area contributed by atoms with E-state index < -0.39 is 0 Å². The third kappa shape index (κ3) is 2.27. The number of aromatic nitrogens is 4. The largest absolute Gasteiger partial charge is 0.396 e. The summed E-state index contributed by atoms with van der Waals surface area (Å²) < 4.78 is 0. The molecule has 1 atom stereocenters. The zero-order valence-corrected chi connectivity index (χ0v) is 9.16. The molecule has 80 valence electrons. The van der Waals surface area contributed by atoms with Crippen LogP contribution in [0.2, 0.25) is 0 Å². The van der Waals surface area contributed by atoms with Gasteiger partial charge in [0.1, 0.15) is 11.4 Å². The Morgan fingerprint density at radius 2 is 2.40 bits per heavy atom. The third-order valence-electron chi connectivity index (χ3n) is 2.03. The second-order valence-electron chi connectivity index (χ2n) is 3.41. The van der Waals surface area contributed by atoms with Gasteiger partial charge in [-0.1, -0.05) is 6.92 Å². The van der Waals surface area contributed by atoms with E-state index in [0.717, 1.165) is 21.8 Å². The second-order valence-corrected chi connectivity index (χ2v) is 4.42. The number of nitrogens with one attached hydrogen (secondary N) is 1. The van der Waals surface area contributed by atoms with Crippen LogP contribution in [0.15, 0.2) is 17.6 Å². The highest BCUT2D eigenvalue weighted by molar-refractivity contribution is 7.99. The fraction of sp³-hybridized carbons (Fsp3) is 0.444. The number of rotatable bonds is 4. The summed E-state index contributed by atoms with van der Waals surface area (Å²) in [5.41, 5.74) is 0.754. The monoisotopic (exact) mass is 224 g/mol. The van der Waals surface area contributed by atoms with Gasteiger partial charge in [-0.25, -0.2) is 9.97 Å². The van der Waals surface area contributed by atoms with Crippen molar-refractivity contribution >= 4 is 22.8 Å². The number of thioether (sulfide) groups is 1. The maximum Gasteiger partial charge on any atom is 0.159 e. The van der Waals surface area contributed by atoms with E-state index in [1.54, 1.807) is 18.0 Å². The summed E-state index contributed by atoms with van der Waals surface area (Å²) in [6.45, 7) is 2.20. The van der Waals surface area contributed by atoms with Crippen molar-refractivity contribution in [2.75, 3.05) is 12.4 Å². The topological polar surface area (TPSA) is 74.7 Å². The third-order valence-corrected chi connectivity index (χ3v) is 3.36. The molecule has 15 heavy (non-hydrogen) atoms. The van der Waals surface area contributed by atoms with Crippen molar-refractivity contribution in [2.45, 2.75) is 11.9 Å². The minimum atomic E-state index is 0.201. The molecule has 2 heterocycles. The molecule has 0 unspecified atom stereocenters. The zero-order valence-electron chi connectivity index (χ0n) is 8.34. The molecule has 2 rings (SSSR count). The molecule has 0 aromatic carbocycles. The number of H-pyrrole nitrogens is 1. The summed E-state index contributed by atoms with van der Waals surface area (Å²) in [6.07, 6.45) is 3.24. The van der Waals surface area contributed by atoms with E-state index in [-0.39, 0.29) is 12.5 Å². The Balaban J connectivity index is 2.17. The highest BCUT2D eigenvalue weighted by Crippen LogP contribution is 2.24. The zero-order chi connectivity index (χ0) is 10.7. The van der Waals surface area contributed by atoms with Crippen molar-refractivity contribution in [2.24, 2.45) is 5.92 Å². The summed E-state index contributed by atoms with van der Waals surface area (Å²) in [5.74, 6) is 1.11. The van der Waals surface area contributed by atoms with Crippen LogP contribution in [0.4, 0.5) is 0 Å². The molecule has 0 fully saturated rings. The fourth-order valence-corrected chi connectivity index (χ4v) is 2.11. The van der Waals surface area contributed by atoms with Crippen molar-refractivity contribution in [3.05, 3.63) is 12.5 Å². The van der Waals surface area contributed by atoms with Gasteiger partial charge < -0.3 is 5.11 Å². The molecule has 5 nitrogen and oxygen atoms in total. The van der Waals surface area contributed by atoms with E-state index in [9.17, 15) is 0 Å². The quantitative estimate of drug-likeness (QED) is 0.600. The fourth-order valence-electron chi connectivity index (χ4n) is 1.13. The lowest BCUT2D eigenvalue weighted by Crippen LogP contribution is -2.03. The Labute approximate surface area is 91.3 Å². The van der Waals surface area contributed by atoms with Gasteiger partial charge in [0.25, 0.3) is 0 Å². The maximum absolute atomic E-state index is 8.92. The van der Waals surface area contributed by atoms with Gasteiger partial charge in [0.05, 0.1) is 11.6 Å². The first-order chi connectivity index (χ1) is 7.31. The van der Waals surface area contributed by atoms with E-state index in [1.807, 2.05) is 6.92 Å². The van der Waals surface area contributed by atoms with Gasteiger partial charge in [-0.05, 0) is 5.92 Å². The van der Waals surface area contributed by atoms with Crippen molar-refractivity contribution in [3.63, 3.8) is 0 Å². The van der Waals surface area contributed by atoms with Gasteiger partial charge in [0.15, 0.2) is 5.65 Å². The summed E-state index contributed by atoms with van der Waals surface area (Å²) in [7, 11) is 0. The number of nitrogens with zero attached hydrogens (tertiary/aromatic N) is 3. The molecule has 0 aliphatic rings. The number of aliphatic hydroxyl groups is 1. The molecule has 6 heteroatoms. The van der Waals surface area contributed by atoms with Gasteiger partial charge in [-0.15, -0.1) is 11.8 Å². The molecule has 0 saturated carbocycles. The average molecular weight is 224 g/mol. The minimum Gasteiger partial charge on any atom is -0.396 e. The Hall–Kier alpha value is -1.14. The summed E-state index contributed by atoms with van der Waals surface area (Å²) in [6, 6.07) is 0. The van der Waals surface area contributed by atoms with Crippen LogP contribution in [0, 0.1) is 5.92 Å². The van der Waals surface area contributed by atoms with Gasteiger partial charge >= 0.3 is 0 Å². The molecule has 2 N–H and O–H groups in total. The van der Waals surface area contributed by atoms with Crippen molar-refractivity contribution in [1.29, 1.82) is 0 Å². The predicted octanol–water partition coefficient (Wildman–Crippen LogP) is 1.07. The molecule has 0 radical (unpaired) electrons. The lowest BCUT2D eigenvalue weighted by Gasteiger charge is -2.06. The van der Waals surface area contributed by atoms with Gasteiger partial charge in [-0.2, -0.15) is 5.10 Å². The van der Waals surface area contributed by atoms with E-state index in [2.05, 4.69) is 20.2 Å². The van der Waals surface area contributed by atoms with E-state index in [0.29, 0.717) is 0 Å². The summed E-state index contributed by atoms with van der Waals surface area (Å²) >= 11 is 1.62. The number of hydrogen-bond acceptors (Lipinski definition) is 5. The van der Waals surface area contributed by atoms with Crippen LogP contribution in [0.1, 0.15) is 6.92 Å². The van der Waals surface area contributed by atoms with Crippen LogP contribution in [-0.4, -0.2) is 37.6 Å². The minimum absolute atomic E-state index is 0.201. The van der Waals surface area contributed by atoms with E-state index in [1.165, 1.54) is 6.33 Å². The SMILES string of the molecule is C[C@H](CO)CSc1ncnc2[nH]ncc12. The lowest BCUT2D eigenvalue weighted by molar-refractivity contribution is 0.250. The standard InChI is InChI=1S/C9H12N4OS/c1-6(3-14)4-15-9-7-2-12-13-8(7)10-5-11-9/h2,5-6,14H,3-4H2,1H3,(H,10,11,12,13)/t6-/m1/s1. The van der Waals surface area contributed by atoms with E-state index >= 15 is 0 Å². The molecule has 0 saturated heterocycles. The molecule has 0 spiro atoms. The molecule has 0 aliphatic heterocycles. The Kier molecular flexibility index (Phi) is 3.17. The van der Waals surface area contributed by atoms with Gasteiger partial charge in [-0.3, -0.25) is 5.10 Å². The van der Waals surface area contributed by atoms with Crippen LogP contribution in [0.25, 0.3) is 11.0 Å². The van der Waals surface area contributed by atoms with Crippen molar-refractivity contribution in [3.8, 4) is 0 Å². The highest BCUT2D eigenvalue weighted by atomic mass is 32.2. The number of hydrogen-bond donors (Lipinski definition) is 2. The Bertz CT molecular complexity index is 444. The lowest BCUT2D eigenvalue weighted by atomic mass is 10.2. The highest BCUT2D eigenvalue weighted by Gasteiger charge is 2.07. The van der Waals surface area contributed by atoms with Crippen molar-refractivity contribution < 1.29 is 5.11 Å². The molecular weight excluding hydrogens is 212 g/mol. The second kappa shape index (κ2) is 4.59. The van der Waals surface area contributed by atoms with E-state index in [4.69, 9.17) is 5.11 Å². The summed E-state index contributed by atoms with van der Waals surface area (Å²) in [5, 5.41) is 17.5. The first-order valence-corrected chi connectivity index (χ1v) is 5.67. The van der Waals surface area contributed by atoms with Gasteiger partial charge in [0.2, 0.25) is 0 Å². The van der Waals surface area contributed by atoms with Crippen LogP contribution in [0.3, 0.4) is 0 Å². The van der Waals surface area contributed by atoms with Gasteiger partial charge in [0, 0.05) is 12.4 Å². The van der Waals surface area contributed by atoms with Crippen molar-refractivity contribution in [1.82, 2.24) is 20.2 Å². The number of aromatic amines is 1. The predicted molar refractivity (Wildman–Crippen MR) is 58.7 cm³/mol. The van der Waals surface area contributed by atoms with Crippen LogP contribution in [-0.2, 0) is 0 Å². The van der Waals surface area contributed by atoms with Crippen LogP contribution in [0.5, 0.6) is 0 Å². The molecule has 2 aromatic heterocycles. The maximum atomic E-state index is 8.92. The molecule has 0 aliphatic carbocycles. The number of fused-ring (bicyclic) bond motifs is 1. The first-order valence-electron chi connectivity index (χ1n) is 4.69. The Morgan fingerprint density at radius 3 is 3.20 bits per heavy atom. The molecular formula is C9H12N4OS. The smallest absolute Gasteiger partial charge is 0.159 e. The first kappa shape index (κ1) is 10.4. The van der Waals surface area contributed by atoms with Crippen LogP contribution < -0.4 is 0 Å². The molecule has 0 bridgehead atoms. The Morgan fingerprint density at radius 1 is 1.53 bits per heavy atom.